The molecule has 1 aromatic carbocycles. The Morgan fingerprint density at radius 3 is 2.89 bits per heavy atom. The molecule has 96 valence electrons. The van der Waals surface area contributed by atoms with E-state index in [-0.39, 0.29) is 0 Å². The number of benzene rings is 1. The van der Waals surface area contributed by atoms with Crippen LogP contribution in [0.4, 0.5) is 5.82 Å². The van der Waals surface area contributed by atoms with Gasteiger partial charge in [0, 0.05) is 17.0 Å². The molecule has 1 N–H and O–H groups in total. The summed E-state index contributed by atoms with van der Waals surface area (Å²) in [7, 11) is 0. The third kappa shape index (κ3) is 2.41. The van der Waals surface area contributed by atoms with E-state index in [1.807, 2.05) is 35.7 Å². The fourth-order valence-corrected chi connectivity index (χ4v) is 2.74. The Bertz CT molecular complexity index is 710. The fraction of sp³-hybridized carbons (Fsp3) is 0.143. The molecule has 3 nitrogen and oxygen atoms in total. The summed E-state index contributed by atoms with van der Waals surface area (Å²) in [5.41, 5.74) is 0.863. The Labute approximate surface area is 120 Å². The third-order valence-electron chi connectivity index (χ3n) is 2.74. The first-order chi connectivity index (χ1) is 9.28. The predicted octanol–water partition coefficient (Wildman–Crippen LogP) is 4.44. The van der Waals surface area contributed by atoms with Crippen LogP contribution in [-0.2, 0) is 0 Å². The van der Waals surface area contributed by atoms with Crippen molar-refractivity contribution in [3.63, 3.8) is 0 Å². The van der Waals surface area contributed by atoms with E-state index in [1.54, 1.807) is 11.3 Å². The summed E-state index contributed by atoms with van der Waals surface area (Å²) in [6.07, 6.45) is 0. The highest BCUT2D eigenvalue weighted by Crippen LogP contribution is 2.28. The lowest BCUT2D eigenvalue weighted by Crippen LogP contribution is -2.02. The second-order valence-corrected chi connectivity index (χ2v) is 5.45. The number of hydrogen-bond donors (Lipinski definition) is 1. The van der Waals surface area contributed by atoms with Crippen molar-refractivity contribution in [3.8, 4) is 10.7 Å². The Morgan fingerprint density at radius 1 is 1.26 bits per heavy atom. The van der Waals surface area contributed by atoms with Crippen LogP contribution >= 0.6 is 22.9 Å². The number of aromatic nitrogens is 2. The van der Waals surface area contributed by atoms with E-state index in [0.29, 0.717) is 5.02 Å². The van der Waals surface area contributed by atoms with E-state index in [4.69, 9.17) is 11.6 Å². The molecule has 0 aliphatic heterocycles. The molecule has 0 saturated heterocycles. The average Bonchev–Trinajstić information content (AvgIpc) is 2.92. The van der Waals surface area contributed by atoms with E-state index in [9.17, 15) is 0 Å². The summed E-state index contributed by atoms with van der Waals surface area (Å²) in [6, 6.07) is 9.70. The Morgan fingerprint density at radius 2 is 2.16 bits per heavy atom. The van der Waals surface area contributed by atoms with Crippen molar-refractivity contribution in [2.45, 2.75) is 6.92 Å². The second kappa shape index (κ2) is 5.15. The van der Waals surface area contributed by atoms with Crippen LogP contribution in [0.5, 0.6) is 0 Å². The maximum absolute atomic E-state index is 6.05. The van der Waals surface area contributed by atoms with Crippen LogP contribution in [0.3, 0.4) is 0 Å². The maximum Gasteiger partial charge on any atom is 0.172 e. The Hall–Kier alpha value is -1.65. The zero-order valence-electron chi connectivity index (χ0n) is 10.4. The van der Waals surface area contributed by atoms with Gasteiger partial charge in [-0.1, -0.05) is 17.7 Å². The molecule has 0 saturated carbocycles. The van der Waals surface area contributed by atoms with Gasteiger partial charge < -0.3 is 5.32 Å². The van der Waals surface area contributed by atoms with Crippen LogP contribution in [0.15, 0.2) is 35.7 Å². The molecular weight excluding hydrogens is 278 g/mol. The van der Waals surface area contributed by atoms with E-state index in [2.05, 4.69) is 22.2 Å². The van der Waals surface area contributed by atoms with Gasteiger partial charge in [-0.25, -0.2) is 9.97 Å². The lowest BCUT2D eigenvalue weighted by molar-refractivity contribution is 1.15. The minimum Gasteiger partial charge on any atom is -0.370 e. The molecule has 0 aliphatic rings. The first-order valence-corrected chi connectivity index (χ1v) is 7.28. The van der Waals surface area contributed by atoms with E-state index in [0.717, 1.165) is 34.0 Å². The van der Waals surface area contributed by atoms with Crippen LogP contribution in [0, 0.1) is 0 Å². The van der Waals surface area contributed by atoms with Crippen molar-refractivity contribution in [3.05, 3.63) is 40.7 Å². The predicted molar refractivity (Wildman–Crippen MR) is 82.0 cm³/mol. The summed E-state index contributed by atoms with van der Waals surface area (Å²) >= 11 is 7.68. The topological polar surface area (TPSA) is 37.8 Å². The van der Waals surface area contributed by atoms with Gasteiger partial charge in [-0.15, -0.1) is 11.3 Å². The molecular formula is C14H12ClN3S. The summed E-state index contributed by atoms with van der Waals surface area (Å²) < 4.78 is 0. The van der Waals surface area contributed by atoms with Gasteiger partial charge in [0.25, 0.3) is 0 Å². The molecule has 0 unspecified atom stereocenters. The molecule has 2 heterocycles. The van der Waals surface area contributed by atoms with E-state index >= 15 is 0 Å². The highest BCUT2D eigenvalue weighted by atomic mass is 35.5. The average molecular weight is 290 g/mol. The molecule has 0 aliphatic carbocycles. The van der Waals surface area contributed by atoms with Gasteiger partial charge >= 0.3 is 0 Å². The van der Waals surface area contributed by atoms with Gasteiger partial charge in [0.05, 0.1) is 10.4 Å². The van der Waals surface area contributed by atoms with Crippen LogP contribution in [0.2, 0.25) is 5.02 Å². The van der Waals surface area contributed by atoms with Crippen molar-refractivity contribution in [1.29, 1.82) is 0 Å². The molecule has 3 rings (SSSR count). The van der Waals surface area contributed by atoms with Gasteiger partial charge in [-0.05, 0) is 36.6 Å². The standard InChI is InChI=1S/C14H12ClN3S/c1-2-16-13-10-6-5-9(15)8-11(10)17-14(18-13)12-4-3-7-19-12/h3-8H,2H2,1H3,(H,16,17,18). The number of rotatable bonds is 3. The lowest BCUT2D eigenvalue weighted by atomic mass is 10.2. The lowest BCUT2D eigenvalue weighted by Gasteiger charge is -2.09. The van der Waals surface area contributed by atoms with Crippen LogP contribution < -0.4 is 5.32 Å². The molecule has 0 fully saturated rings. The summed E-state index contributed by atoms with van der Waals surface area (Å²) in [6.45, 7) is 2.87. The normalized spacial score (nSPS) is 10.8. The molecule has 0 spiro atoms. The van der Waals surface area contributed by atoms with Crippen molar-refractivity contribution in [1.82, 2.24) is 9.97 Å². The number of nitrogens with zero attached hydrogens (tertiary/aromatic N) is 2. The first-order valence-electron chi connectivity index (χ1n) is 6.03. The Kier molecular flexibility index (Phi) is 3.36. The zero-order valence-corrected chi connectivity index (χ0v) is 11.9. The minimum absolute atomic E-state index is 0.686. The highest BCUT2D eigenvalue weighted by molar-refractivity contribution is 7.13. The van der Waals surface area contributed by atoms with Gasteiger partial charge in [-0.3, -0.25) is 0 Å². The molecule has 0 amide bonds. The summed E-state index contributed by atoms with van der Waals surface area (Å²) in [5.74, 6) is 1.59. The molecule has 5 heteroatoms. The maximum atomic E-state index is 6.05. The van der Waals surface area contributed by atoms with Gasteiger partial charge in [0.15, 0.2) is 5.82 Å². The highest BCUT2D eigenvalue weighted by Gasteiger charge is 2.09. The number of thiophene rings is 1. The van der Waals surface area contributed by atoms with Crippen LogP contribution in [0.25, 0.3) is 21.6 Å². The van der Waals surface area contributed by atoms with Crippen LogP contribution in [0.1, 0.15) is 6.92 Å². The van der Waals surface area contributed by atoms with Gasteiger partial charge in [-0.2, -0.15) is 0 Å². The fourth-order valence-electron chi connectivity index (χ4n) is 1.92. The van der Waals surface area contributed by atoms with Crippen molar-refractivity contribution >= 4 is 39.7 Å². The quantitative estimate of drug-likeness (QED) is 0.774. The van der Waals surface area contributed by atoms with Crippen LogP contribution in [-0.4, -0.2) is 16.5 Å². The number of halogens is 1. The van der Waals surface area contributed by atoms with Gasteiger partial charge in [0.2, 0.25) is 0 Å². The van der Waals surface area contributed by atoms with Crippen molar-refractivity contribution in [2.75, 3.05) is 11.9 Å². The molecule has 2 aromatic heterocycles. The third-order valence-corrected chi connectivity index (χ3v) is 3.85. The van der Waals surface area contributed by atoms with Crippen molar-refractivity contribution < 1.29 is 0 Å². The van der Waals surface area contributed by atoms with E-state index < -0.39 is 0 Å². The second-order valence-electron chi connectivity index (χ2n) is 4.06. The monoisotopic (exact) mass is 289 g/mol. The SMILES string of the molecule is CCNc1nc(-c2cccs2)nc2cc(Cl)ccc12. The van der Waals surface area contributed by atoms with Gasteiger partial charge in [0.1, 0.15) is 5.82 Å². The molecule has 0 bridgehead atoms. The number of hydrogen-bond acceptors (Lipinski definition) is 4. The first kappa shape index (κ1) is 12.4. The van der Waals surface area contributed by atoms with Crippen molar-refractivity contribution in [2.24, 2.45) is 0 Å². The molecule has 0 radical (unpaired) electrons. The summed E-state index contributed by atoms with van der Waals surface area (Å²) in [4.78, 5) is 10.3. The zero-order chi connectivity index (χ0) is 13.2. The summed E-state index contributed by atoms with van der Waals surface area (Å²) in [5, 5.41) is 6.98. The largest absolute Gasteiger partial charge is 0.370 e. The molecule has 0 atom stereocenters. The van der Waals surface area contributed by atoms with E-state index in [1.165, 1.54) is 0 Å². The number of nitrogens with one attached hydrogen (secondary N) is 1. The Balaban J connectivity index is 2.25. The smallest absolute Gasteiger partial charge is 0.172 e. The number of anilines is 1. The molecule has 19 heavy (non-hydrogen) atoms. The minimum atomic E-state index is 0.686. The molecule has 3 aromatic rings. The number of fused-ring (bicyclic) bond motifs is 1.